The number of halogens is 2. The first kappa shape index (κ1) is 9.17. The van der Waals surface area contributed by atoms with Gasteiger partial charge in [-0.05, 0) is 11.6 Å². The molecule has 0 radical (unpaired) electrons. The van der Waals surface area contributed by atoms with Gasteiger partial charge in [-0.1, -0.05) is 11.6 Å². The van der Waals surface area contributed by atoms with Gasteiger partial charge in [0.25, 0.3) is 5.95 Å². The van der Waals surface area contributed by atoms with Crippen LogP contribution in [-0.2, 0) is 0 Å². The van der Waals surface area contributed by atoms with Gasteiger partial charge in [0.1, 0.15) is 0 Å². The average molecular weight is 231 g/mol. The Kier molecular flexibility index (Phi) is 2.22. The van der Waals surface area contributed by atoms with E-state index in [4.69, 9.17) is 28.9 Å². The van der Waals surface area contributed by atoms with Crippen LogP contribution in [0.1, 0.15) is 0 Å². The standard InChI is InChI=1S/C6H4Cl2N6/c7-3-1-10-14(2-3)6-12-4(8)11-5(9)13-6/h1-2H,(H2,9,11,12,13). The molecule has 72 valence electrons. The molecule has 2 heterocycles. The number of nitrogens with two attached hydrogens (primary N) is 1. The van der Waals surface area contributed by atoms with Crippen molar-refractivity contribution < 1.29 is 0 Å². The second-order valence-electron chi connectivity index (χ2n) is 2.37. The van der Waals surface area contributed by atoms with E-state index in [0.29, 0.717) is 5.02 Å². The van der Waals surface area contributed by atoms with Crippen LogP contribution in [0.25, 0.3) is 5.95 Å². The van der Waals surface area contributed by atoms with E-state index in [2.05, 4.69) is 20.1 Å². The molecule has 2 rings (SSSR count). The Labute approximate surface area is 88.7 Å². The number of aromatic nitrogens is 5. The van der Waals surface area contributed by atoms with E-state index in [1.807, 2.05) is 0 Å². The highest BCUT2D eigenvalue weighted by atomic mass is 35.5. The molecule has 0 saturated carbocycles. The van der Waals surface area contributed by atoms with Gasteiger partial charge in [0.05, 0.1) is 17.4 Å². The highest BCUT2D eigenvalue weighted by molar-refractivity contribution is 6.30. The number of nitrogens with zero attached hydrogens (tertiary/aromatic N) is 5. The molecule has 0 aliphatic carbocycles. The lowest BCUT2D eigenvalue weighted by atomic mass is 10.7. The van der Waals surface area contributed by atoms with E-state index in [9.17, 15) is 0 Å². The minimum absolute atomic E-state index is 0.0131. The van der Waals surface area contributed by atoms with E-state index >= 15 is 0 Å². The third-order valence-electron chi connectivity index (χ3n) is 1.37. The maximum atomic E-state index is 5.67. The lowest BCUT2D eigenvalue weighted by Crippen LogP contribution is -2.06. The molecule has 0 amide bonds. The molecule has 0 aliphatic rings. The molecule has 14 heavy (non-hydrogen) atoms. The van der Waals surface area contributed by atoms with Crippen molar-refractivity contribution in [3.05, 3.63) is 22.7 Å². The highest BCUT2D eigenvalue weighted by Gasteiger charge is 2.05. The third-order valence-corrected chi connectivity index (χ3v) is 1.73. The predicted molar refractivity (Wildman–Crippen MR) is 51.4 cm³/mol. The van der Waals surface area contributed by atoms with Crippen LogP contribution in [-0.4, -0.2) is 24.7 Å². The molecule has 0 aromatic carbocycles. The molecule has 0 unspecified atom stereocenters. The first-order valence-electron chi connectivity index (χ1n) is 3.53. The summed E-state index contributed by atoms with van der Waals surface area (Å²) in [6, 6.07) is 0. The van der Waals surface area contributed by atoms with E-state index in [0.717, 1.165) is 0 Å². The maximum absolute atomic E-state index is 5.67. The Hall–Kier alpha value is -1.40. The molecule has 0 fully saturated rings. The molecule has 0 atom stereocenters. The highest BCUT2D eigenvalue weighted by Crippen LogP contribution is 2.10. The Bertz CT molecular complexity index is 447. The summed E-state index contributed by atoms with van der Waals surface area (Å²) in [7, 11) is 0. The fourth-order valence-electron chi connectivity index (χ4n) is 0.867. The summed E-state index contributed by atoms with van der Waals surface area (Å²) in [4.78, 5) is 11.3. The molecule has 2 N–H and O–H groups in total. The SMILES string of the molecule is Nc1nc(Cl)nc(-n2cc(Cl)cn2)n1. The van der Waals surface area contributed by atoms with Crippen LogP contribution in [0.15, 0.2) is 12.4 Å². The lowest BCUT2D eigenvalue weighted by Gasteiger charge is -1.99. The molecule has 2 aromatic rings. The van der Waals surface area contributed by atoms with Crippen molar-refractivity contribution in [2.75, 3.05) is 5.73 Å². The molecular formula is C6H4Cl2N6. The van der Waals surface area contributed by atoms with Gasteiger partial charge in [-0.3, -0.25) is 0 Å². The van der Waals surface area contributed by atoms with Crippen molar-refractivity contribution in [1.29, 1.82) is 0 Å². The topological polar surface area (TPSA) is 82.5 Å². The summed E-state index contributed by atoms with van der Waals surface area (Å²) in [5.74, 6) is 0.265. The van der Waals surface area contributed by atoms with E-state index in [1.165, 1.54) is 17.1 Å². The van der Waals surface area contributed by atoms with Crippen LogP contribution in [0.2, 0.25) is 10.3 Å². The summed E-state index contributed by atoms with van der Waals surface area (Å²) in [5, 5.41) is 4.37. The van der Waals surface area contributed by atoms with Crippen LogP contribution in [0.5, 0.6) is 0 Å². The average Bonchev–Trinajstić information content (AvgIpc) is 2.50. The zero-order valence-corrected chi connectivity index (χ0v) is 8.24. The number of nitrogen functional groups attached to an aromatic ring is 1. The Morgan fingerprint density at radius 3 is 2.57 bits per heavy atom. The molecule has 0 saturated heterocycles. The Morgan fingerprint density at radius 1 is 1.21 bits per heavy atom. The smallest absolute Gasteiger partial charge is 0.256 e. The fourth-order valence-corrected chi connectivity index (χ4v) is 1.17. The van der Waals surface area contributed by atoms with Gasteiger partial charge in [-0.25, -0.2) is 4.68 Å². The Morgan fingerprint density at radius 2 is 2.00 bits per heavy atom. The summed E-state index contributed by atoms with van der Waals surface area (Å²) in [6.07, 6.45) is 2.99. The van der Waals surface area contributed by atoms with Crippen molar-refractivity contribution >= 4 is 29.2 Å². The summed E-state index contributed by atoms with van der Waals surface area (Å²) < 4.78 is 1.35. The van der Waals surface area contributed by atoms with Gasteiger partial charge in [-0.2, -0.15) is 20.1 Å². The minimum Gasteiger partial charge on any atom is -0.368 e. The molecular weight excluding hydrogens is 227 g/mol. The number of hydrogen-bond donors (Lipinski definition) is 1. The summed E-state index contributed by atoms with van der Waals surface area (Å²) in [6.45, 7) is 0. The number of rotatable bonds is 1. The van der Waals surface area contributed by atoms with Crippen LogP contribution < -0.4 is 5.73 Å². The van der Waals surface area contributed by atoms with Crippen molar-refractivity contribution in [3.8, 4) is 5.95 Å². The molecule has 8 heteroatoms. The maximum Gasteiger partial charge on any atom is 0.256 e. The Balaban J connectivity index is 2.51. The monoisotopic (exact) mass is 230 g/mol. The second-order valence-corrected chi connectivity index (χ2v) is 3.14. The van der Waals surface area contributed by atoms with Gasteiger partial charge < -0.3 is 5.73 Å². The third kappa shape index (κ3) is 1.75. The van der Waals surface area contributed by atoms with Crippen molar-refractivity contribution in [1.82, 2.24) is 24.7 Å². The molecule has 0 bridgehead atoms. The van der Waals surface area contributed by atoms with Crippen LogP contribution in [0.4, 0.5) is 5.95 Å². The second kappa shape index (κ2) is 3.39. The van der Waals surface area contributed by atoms with Gasteiger partial charge in [0, 0.05) is 0 Å². The quantitative estimate of drug-likeness (QED) is 0.789. The molecule has 2 aromatic heterocycles. The molecule has 6 nitrogen and oxygen atoms in total. The largest absolute Gasteiger partial charge is 0.368 e. The lowest BCUT2D eigenvalue weighted by molar-refractivity contribution is 0.799. The first-order chi connectivity index (χ1) is 6.65. The van der Waals surface area contributed by atoms with Crippen LogP contribution >= 0.6 is 23.2 Å². The molecule has 0 spiro atoms. The van der Waals surface area contributed by atoms with E-state index in [1.54, 1.807) is 0 Å². The molecule has 0 aliphatic heterocycles. The first-order valence-corrected chi connectivity index (χ1v) is 4.28. The summed E-state index contributed by atoms with van der Waals surface area (Å²) >= 11 is 11.3. The van der Waals surface area contributed by atoms with Crippen LogP contribution in [0, 0.1) is 0 Å². The van der Waals surface area contributed by atoms with Gasteiger partial charge in [-0.15, -0.1) is 0 Å². The van der Waals surface area contributed by atoms with Crippen molar-refractivity contribution in [3.63, 3.8) is 0 Å². The van der Waals surface area contributed by atoms with Gasteiger partial charge >= 0.3 is 0 Å². The fraction of sp³-hybridized carbons (Fsp3) is 0. The van der Waals surface area contributed by atoms with E-state index in [-0.39, 0.29) is 17.2 Å². The van der Waals surface area contributed by atoms with Gasteiger partial charge in [0.2, 0.25) is 11.2 Å². The number of anilines is 1. The minimum atomic E-state index is 0.0131. The number of hydrogen-bond acceptors (Lipinski definition) is 5. The van der Waals surface area contributed by atoms with Gasteiger partial charge in [0.15, 0.2) is 0 Å². The van der Waals surface area contributed by atoms with Crippen LogP contribution in [0.3, 0.4) is 0 Å². The zero-order valence-electron chi connectivity index (χ0n) is 6.72. The normalized spacial score (nSPS) is 10.4. The van der Waals surface area contributed by atoms with Crippen molar-refractivity contribution in [2.24, 2.45) is 0 Å². The summed E-state index contributed by atoms with van der Waals surface area (Å²) in [5.41, 5.74) is 5.38. The predicted octanol–water partition coefficient (Wildman–Crippen LogP) is 0.946. The zero-order chi connectivity index (χ0) is 10.1. The van der Waals surface area contributed by atoms with E-state index < -0.39 is 0 Å². The van der Waals surface area contributed by atoms with Crippen molar-refractivity contribution in [2.45, 2.75) is 0 Å².